The summed E-state index contributed by atoms with van der Waals surface area (Å²) < 4.78 is 22.0. The van der Waals surface area contributed by atoms with Crippen LogP contribution in [0.5, 0.6) is 5.75 Å². The van der Waals surface area contributed by atoms with Gasteiger partial charge >= 0.3 is 5.97 Å². The van der Waals surface area contributed by atoms with E-state index >= 15 is 0 Å². The molecule has 0 saturated carbocycles. The number of nitrogens with one attached hydrogen (secondary N) is 1. The van der Waals surface area contributed by atoms with Crippen molar-refractivity contribution in [1.29, 1.82) is 0 Å². The van der Waals surface area contributed by atoms with Crippen molar-refractivity contribution in [1.82, 2.24) is 5.32 Å². The van der Waals surface area contributed by atoms with Crippen molar-refractivity contribution in [3.05, 3.63) is 29.8 Å². The molecule has 0 aromatic heterocycles. The summed E-state index contributed by atoms with van der Waals surface area (Å²) in [5, 5.41) is 62.8. The number of phenols is 1. The molecule has 1 amide bonds. The normalized spacial score (nSPS) is 38.2. The number of aliphatic hydroxyl groups excluding tert-OH is 5. The maximum Gasteiger partial charge on any atom is 0.338 e. The smallest absolute Gasteiger partial charge is 0.338 e. The van der Waals surface area contributed by atoms with E-state index in [2.05, 4.69) is 5.32 Å². The van der Waals surface area contributed by atoms with E-state index in [1.54, 1.807) is 0 Å². The topological polar surface area (TPSA) is 204 Å². The van der Waals surface area contributed by atoms with Gasteiger partial charge in [0.1, 0.15) is 42.3 Å². The number of carbonyl (C=O) groups excluding carboxylic acids is 2. The molecule has 190 valence electrons. The predicted octanol–water partition coefficient (Wildman–Crippen LogP) is -2.66. The van der Waals surface area contributed by atoms with Crippen LogP contribution >= 0.6 is 0 Å². The molecule has 13 heteroatoms. The van der Waals surface area contributed by atoms with Crippen LogP contribution in [-0.2, 0) is 23.7 Å². The Morgan fingerprint density at radius 1 is 1.06 bits per heavy atom. The van der Waals surface area contributed by atoms with Crippen LogP contribution in [0, 0.1) is 0 Å². The number of benzene rings is 1. The molecule has 0 spiro atoms. The van der Waals surface area contributed by atoms with Gasteiger partial charge in [0.25, 0.3) is 0 Å². The first-order valence-corrected chi connectivity index (χ1v) is 10.6. The summed E-state index contributed by atoms with van der Waals surface area (Å²) >= 11 is 0. The number of esters is 1. The maximum atomic E-state index is 12.7. The van der Waals surface area contributed by atoms with Crippen molar-refractivity contribution in [3.63, 3.8) is 0 Å². The summed E-state index contributed by atoms with van der Waals surface area (Å²) in [6.07, 6.45) is -13.3. The molecule has 1 aromatic rings. The molecule has 13 nitrogen and oxygen atoms in total. The summed E-state index contributed by atoms with van der Waals surface area (Å²) in [5.74, 6) is -1.66. The first-order valence-electron chi connectivity index (χ1n) is 10.6. The molecule has 34 heavy (non-hydrogen) atoms. The fourth-order valence-corrected chi connectivity index (χ4v) is 3.89. The molecule has 2 fully saturated rings. The molecule has 2 aliphatic rings. The molecule has 3 rings (SSSR count). The van der Waals surface area contributed by atoms with Gasteiger partial charge in [0.15, 0.2) is 18.7 Å². The number of amides is 1. The van der Waals surface area contributed by atoms with Crippen molar-refractivity contribution >= 4 is 11.9 Å². The number of phenolic OH excluding ortho intramolecular Hbond substituents is 1. The fraction of sp³-hybridized carbons (Fsp3) is 0.619. The van der Waals surface area contributed by atoms with Crippen LogP contribution < -0.4 is 5.32 Å². The first kappa shape index (κ1) is 26.2. The first-order chi connectivity index (χ1) is 16.0. The number of ether oxygens (including phenoxy) is 4. The molecular formula is C21H29NO12. The van der Waals surface area contributed by atoms with Gasteiger partial charge in [-0.25, -0.2) is 4.79 Å². The van der Waals surface area contributed by atoms with Gasteiger partial charge in [-0.2, -0.15) is 0 Å². The Morgan fingerprint density at radius 3 is 2.38 bits per heavy atom. The lowest BCUT2D eigenvalue weighted by atomic mass is 9.95. The number of carbonyl (C=O) groups is 2. The average Bonchev–Trinajstić information content (AvgIpc) is 2.78. The lowest BCUT2D eigenvalue weighted by Crippen LogP contribution is -2.67. The zero-order valence-corrected chi connectivity index (χ0v) is 18.4. The molecule has 7 N–H and O–H groups in total. The molecular weight excluding hydrogens is 458 g/mol. The van der Waals surface area contributed by atoms with E-state index in [4.69, 9.17) is 18.9 Å². The largest absolute Gasteiger partial charge is 0.508 e. The lowest BCUT2D eigenvalue weighted by molar-refractivity contribution is -0.337. The molecule has 2 aliphatic heterocycles. The fourth-order valence-electron chi connectivity index (χ4n) is 3.89. The average molecular weight is 487 g/mol. The highest BCUT2D eigenvalue weighted by Gasteiger charge is 2.51. The molecule has 2 saturated heterocycles. The molecule has 0 bridgehead atoms. The van der Waals surface area contributed by atoms with E-state index in [0.717, 1.165) is 6.92 Å². The predicted molar refractivity (Wildman–Crippen MR) is 110 cm³/mol. The summed E-state index contributed by atoms with van der Waals surface area (Å²) in [5.41, 5.74) is -0.00418. The number of hydrogen-bond acceptors (Lipinski definition) is 12. The highest BCUT2D eigenvalue weighted by Crippen LogP contribution is 2.30. The summed E-state index contributed by atoms with van der Waals surface area (Å²) in [4.78, 5) is 24.3. The molecule has 0 unspecified atom stereocenters. The minimum Gasteiger partial charge on any atom is -0.508 e. The highest BCUT2D eigenvalue weighted by atomic mass is 16.7. The lowest BCUT2D eigenvalue weighted by Gasteiger charge is -2.46. The van der Waals surface area contributed by atoms with Gasteiger partial charge in [0.05, 0.1) is 18.3 Å². The Kier molecular flexibility index (Phi) is 8.43. The summed E-state index contributed by atoms with van der Waals surface area (Å²) in [6, 6.07) is 4.00. The Labute approximate surface area is 194 Å². The van der Waals surface area contributed by atoms with Crippen LogP contribution in [0.2, 0.25) is 0 Å². The molecule has 2 heterocycles. The molecule has 1 aromatic carbocycles. The van der Waals surface area contributed by atoms with E-state index in [-0.39, 0.29) is 11.3 Å². The second kappa shape index (κ2) is 10.9. The van der Waals surface area contributed by atoms with Gasteiger partial charge in [-0.3, -0.25) is 4.79 Å². The maximum absolute atomic E-state index is 12.7. The van der Waals surface area contributed by atoms with E-state index in [1.165, 1.54) is 31.2 Å². The van der Waals surface area contributed by atoms with Crippen LogP contribution in [-0.4, -0.2) is 110 Å². The third-order valence-electron chi connectivity index (χ3n) is 5.64. The second-order valence-corrected chi connectivity index (χ2v) is 8.18. The van der Waals surface area contributed by atoms with Crippen LogP contribution in [0.3, 0.4) is 0 Å². The Hall–Kier alpha value is -2.36. The number of hydrogen-bond donors (Lipinski definition) is 7. The highest BCUT2D eigenvalue weighted by molar-refractivity contribution is 5.90. The zero-order valence-electron chi connectivity index (χ0n) is 18.4. The van der Waals surface area contributed by atoms with Gasteiger partial charge in [0.2, 0.25) is 5.91 Å². The van der Waals surface area contributed by atoms with Crippen molar-refractivity contribution in [2.75, 3.05) is 6.61 Å². The van der Waals surface area contributed by atoms with Crippen LogP contribution in [0.4, 0.5) is 0 Å². The van der Waals surface area contributed by atoms with Crippen molar-refractivity contribution in [2.24, 2.45) is 0 Å². The zero-order chi connectivity index (χ0) is 25.2. The quantitative estimate of drug-likeness (QED) is 0.206. The number of aromatic hydroxyl groups is 1. The van der Waals surface area contributed by atoms with Crippen LogP contribution in [0.1, 0.15) is 24.2 Å². The minimum absolute atomic E-state index is 0.00418. The van der Waals surface area contributed by atoms with Crippen molar-refractivity contribution in [3.8, 4) is 5.75 Å². The molecule has 0 aliphatic carbocycles. The van der Waals surface area contributed by atoms with Gasteiger partial charge in [-0.15, -0.1) is 0 Å². The molecule has 0 radical (unpaired) electrons. The van der Waals surface area contributed by atoms with Gasteiger partial charge < -0.3 is 54.9 Å². The van der Waals surface area contributed by atoms with E-state index < -0.39 is 79.8 Å². The molecule has 10 atom stereocenters. The van der Waals surface area contributed by atoms with Crippen molar-refractivity contribution < 1.29 is 59.2 Å². The minimum atomic E-state index is -1.75. The number of aliphatic hydroxyl groups is 5. The van der Waals surface area contributed by atoms with E-state index in [0.29, 0.717) is 0 Å². The van der Waals surface area contributed by atoms with Crippen molar-refractivity contribution in [2.45, 2.75) is 75.2 Å². The third kappa shape index (κ3) is 5.64. The standard InChI is InChI=1S/C21H29NO12/c1-8-17(33-19(29)10-4-3-5-11(25)6-10)18(16(28)20(30)31-8)34-21-13(22-9(2)24)15(27)14(26)12(7-23)32-21/h3-6,8,12-18,20-21,23,25-28,30H,7H2,1-2H3,(H,22,24)/t8-,12+,13+,14+,15+,16+,17-,18-,20+,21-/m0/s1. The Morgan fingerprint density at radius 2 is 1.76 bits per heavy atom. The van der Waals surface area contributed by atoms with Crippen LogP contribution in [0.25, 0.3) is 0 Å². The summed E-state index contributed by atoms with van der Waals surface area (Å²) in [7, 11) is 0. The van der Waals surface area contributed by atoms with E-state index in [1.807, 2.05) is 0 Å². The SMILES string of the molecule is CC(=O)N[C@H]1[C@H](O[C@H]2[C@@H](O)[C@H](O)O[C@@H](C)[C@@H]2OC(=O)c2cccc(O)c2)O[C@H](CO)[C@@H](O)[C@@H]1O. The van der Waals surface area contributed by atoms with Gasteiger partial charge in [-0.1, -0.05) is 6.07 Å². The van der Waals surface area contributed by atoms with E-state index in [9.17, 15) is 40.2 Å². The second-order valence-electron chi connectivity index (χ2n) is 8.18. The summed E-state index contributed by atoms with van der Waals surface area (Å²) in [6.45, 7) is 1.91. The Balaban J connectivity index is 1.87. The monoisotopic (exact) mass is 487 g/mol. The Bertz CT molecular complexity index is 868. The van der Waals surface area contributed by atoms with Crippen LogP contribution in [0.15, 0.2) is 24.3 Å². The third-order valence-corrected chi connectivity index (χ3v) is 5.64. The number of rotatable bonds is 6. The van der Waals surface area contributed by atoms with Gasteiger partial charge in [-0.05, 0) is 25.1 Å². The van der Waals surface area contributed by atoms with Gasteiger partial charge in [0, 0.05) is 6.92 Å².